The standard InChI is InChI=1S/C8H20N2O3.2ClH/c11-6-2-9-1-3-10(4-7-12)5-8-13;;/h9,11-13H,1-8H2;2*1H. The summed E-state index contributed by atoms with van der Waals surface area (Å²) in [7, 11) is 0. The summed E-state index contributed by atoms with van der Waals surface area (Å²) in [4.78, 5) is 1.96. The van der Waals surface area contributed by atoms with Crippen LogP contribution in [-0.4, -0.2) is 72.8 Å². The molecule has 0 saturated carbocycles. The molecule has 0 fully saturated rings. The summed E-state index contributed by atoms with van der Waals surface area (Å²) in [5.41, 5.74) is 0. The topological polar surface area (TPSA) is 76.0 Å². The Morgan fingerprint density at radius 3 is 1.67 bits per heavy atom. The second kappa shape index (κ2) is 16.8. The molecule has 15 heavy (non-hydrogen) atoms. The lowest BCUT2D eigenvalue weighted by Crippen LogP contribution is -2.36. The van der Waals surface area contributed by atoms with Crippen LogP contribution in [0.3, 0.4) is 0 Å². The largest absolute Gasteiger partial charge is 0.395 e. The van der Waals surface area contributed by atoms with Crippen LogP contribution in [0.25, 0.3) is 0 Å². The highest BCUT2D eigenvalue weighted by Gasteiger charge is 2.01. The molecule has 5 nitrogen and oxygen atoms in total. The lowest BCUT2D eigenvalue weighted by molar-refractivity contribution is 0.161. The van der Waals surface area contributed by atoms with Crippen LogP contribution in [-0.2, 0) is 0 Å². The Hall–Kier alpha value is 0.380. The summed E-state index contributed by atoms with van der Waals surface area (Å²) < 4.78 is 0. The fourth-order valence-electron chi connectivity index (χ4n) is 1.06. The van der Waals surface area contributed by atoms with Gasteiger partial charge in [-0.2, -0.15) is 0 Å². The first kappa shape index (κ1) is 20.8. The molecule has 0 atom stereocenters. The fraction of sp³-hybridized carbons (Fsp3) is 1.00. The van der Waals surface area contributed by atoms with Crippen molar-refractivity contribution in [3.63, 3.8) is 0 Å². The minimum Gasteiger partial charge on any atom is -0.395 e. The maximum atomic E-state index is 8.68. The minimum atomic E-state index is 0. The molecule has 0 unspecified atom stereocenters. The number of nitrogens with one attached hydrogen (secondary N) is 1. The Balaban J connectivity index is -0.000000720. The van der Waals surface area contributed by atoms with Crippen molar-refractivity contribution in [3.05, 3.63) is 0 Å². The molecule has 0 aliphatic carbocycles. The molecule has 0 aliphatic rings. The molecule has 4 N–H and O–H groups in total. The van der Waals surface area contributed by atoms with Gasteiger partial charge in [0, 0.05) is 32.7 Å². The molecule has 0 aromatic rings. The normalized spacial score (nSPS) is 9.60. The van der Waals surface area contributed by atoms with Gasteiger partial charge in [0.1, 0.15) is 0 Å². The summed E-state index contributed by atoms with van der Waals surface area (Å²) in [6, 6.07) is 0. The lowest BCUT2D eigenvalue weighted by atomic mass is 10.4. The molecule has 0 aliphatic heterocycles. The molecule has 96 valence electrons. The van der Waals surface area contributed by atoms with Crippen LogP contribution >= 0.6 is 24.8 Å². The van der Waals surface area contributed by atoms with Crippen LogP contribution in [0.5, 0.6) is 0 Å². The van der Waals surface area contributed by atoms with Gasteiger partial charge in [-0.1, -0.05) is 0 Å². The number of halogens is 2. The number of hydrogen-bond donors (Lipinski definition) is 4. The van der Waals surface area contributed by atoms with Crippen LogP contribution in [0.15, 0.2) is 0 Å². The van der Waals surface area contributed by atoms with E-state index in [1.54, 1.807) is 0 Å². The van der Waals surface area contributed by atoms with E-state index in [-0.39, 0.29) is 44.6 Å². The van der Waals surface area contributed by atoms with Crippen LogP contribution in [0.4, 0.5) is 0 Å². The van der Waals surface area contributed by atoms with Crippen molar-refractivity contribution in [1.29, 1.82) is 0 Å². The Kier molecular flexibility index (Phi) is 23.2. The Labute approximate surface area is 103 Å². The van der Waals surface area contributed by atoms with E-state index in [0.717, 1.165) is 13.1 Å². The molecule has 0 aromatic carbocycles. The third kappa shape index (κ3) is 14.4. The first-order valence-electron chi connectivity index (χ1n) is 4.60. The van der Waals surface area contributed by atoms with Gasteiger partial charge in [-0.3, -0.25) is 4.90 Å². The molecule has 0 radical (unpaired) electrons. The third-order valence-corrected chi connectivity index (χ3v) is 1.73. The zero-order chi connectivity index (χ0) is 9.94. The van der Waals surface area contributed by atoms with Crippen molar-refractivity contribution in [2.45, 2.75) is 0 Å². The van der Waals surface area contributed by atoms with Crippen molar-refractivity contribution in [1.82, 2.24) is 10.2 Å². The molecular weight excluding hydrogens is 243 g/mol. The Bertz CT molecular complexity index is 106. The van der Waals surface area contributed by atoms with Gasteiger partial charge in [0.2, 0.25) is 0 Å². The van der Waals surface area contributed by atoms with Gasteiger partial charge < -0.3 is 20.6 Å². The summed E-state index contributed by atoms with van der Waals surface area (Å²) in [5.74, 6) is 0. The second-order valence-electron chi connectivity index (χ2n) is 2.76. The fourth-order valence-corrected chi connectivity index (χ4v) is 1.06. The predicted octanol–water partition coefficient (Wildman–Crippen LogP) is -1.30. The zero-order valence-electron chi connectivity index (χ0n) is 8.76. The maximum Gasteiger partial charge on any atom is 0.0558 e. The third-order valence-electron chi connectivity index (χ3n) is 1.73. The molecule has 0 heterocycles. The number of nitrogens with zero attached hydrogens (tertiary/aromatic N) is 1. The number of aliphatic hydroxyl groups excluding tert-OH is 3. The van der Waals surface area contributed by atoms with Gasteiger partial charge >= 0.3 is 0 Å². The van der Waals surface area contributed by atoms with E-state index < -0.39 is 0 Å². The SMILES string of the molecule is Cl.Cl.OCCNCCN(CCO)CCO. The van der Waals surface area contributed by atoms with Crippen LogP contribution in [0.2, 0.25) is 0 Å². The monoisotopic (exact) mass is 264 g/mol. The van der Waals surface area contributed by atoms with E-state index in [9.17, 15) is 0 Å². The van der Waals surface area contributed by atoms with Crippen molar-refractivity contribution >= 4 is 24.8 Å². The molecule has 0 saturated heterocycles. The summed E-state index contributed by atoms with van der Waals surface area (Å²) in [6.07, 6.45) is 0. The Morgan fingerprint density at radius 1 is 0.733 bits per heavy atom. The van der Waals surface area contributed by atoms with E-state index in [4.69, 9.17) is 15.3 Å². The Morgan fingerprint density at radius 2 is 1.27 bits per heavy atom. The molecule has 0 rings (SSSR count). The van der Waals surface area contributed by atoms with Gasteiger partial charge in [-0.15, -0.1) is 24.8 Å². The van der Waals surface area contributed by atoms with E-state index in [1.807, 2.05) is 4.90 Å². The van der Waals surface area contributed by atoms with Gasteiger partial charge in [-0.25, -0.2) is 0 Å². The highest BCUT2D eigenvalue weighted by atomic mass is 35.5. The lowest BCUT2D eigenvalue weighted by Gasteiger charge is -2.19. The average Bonchev–Trinajstić information content (AvgIpc) is 2.13. The first-order valence-corrected chi connectivity index (χ1v) is 4.60. The van der Waals surface area contributed by atoms with E-state index >= 15 is 0 Å². The summed E-state index contributed by atoms with van der Waals surface area (Å²) >= 11 is 0. The molecule has 0 bridgehead atoms. The van der Waals surface area contributed by atoms with Crippen molar-refractivity contribution in [2.24, 2.45) is 0 Å². The average molecular weight is 265 g/mol. The molecule has 7 heteroatoms. The minimum absolute atomic E-state index is 0. The van der Waals surface area contributed by atoms with Crippen molar-refractivity contribution in [3.8, 4) is 0 Å². The van der Waals surface area contributed by atoms with Crippen LogP contribution < -0.4 is 5.32 Å². The van der Waals surface area contributed by atoms with E-state index in [1.165, 1.54) is 0 Å². The van der Waals surface area contributed by atoms with Gasteiger partial charge in [0.15, 0.2) is 0 Å². The maximum absolute atomic E-state index is 8.68. The smallest absolute Gasteiger partial charge is 0.0558 e. The zero-order valence-corrected chi connectivity index (χ0v) is 10.4. The first-order chi connectivity index (χ1) is 6.35. The van der Waals surface area contributed by atoms with Crippen LogP contribution in [0, 0.1) is 0 Å². The van der Waals surface area contributed by atoms with Crippen LogP contribution in [0.1, 0.15) is 0 Å². The highest BCUT2D eigenvalue weighted by Crippen LogP contribution is 1.84. The quantitative estimate of drug-likeness (QED) is 0.390. The van der Waals surface area contributed by atoms with E-state index in [2.05, 4.69) is 5.32 Å². The number of aliphatic hydroxyl groups is 3. The van der Waals surface area contributed by atoms with Crippen molar-refractivity contribution in [2.75, 3.05) is 52.5 Å². The predicted molar refractivity (Wildman–Crippen MR) is 65.1 cm³/mol. The number of rotatable bonds is 9. The van der Waals surface area contributed by atoms with Gasteiger partial charge in [0.25, 0.3) is 0 Å². The molecule has 0 amide bonds. The number of hydrogen-bond acceptors (Lipinski definition) is 5. The summed E-state index contributed by atoms with van der Waals surface area (Å²) in [6.45, 7) is 3.66. The van der Waals surface area contributed by atoms with Gasteiger partial charge in [0.05, 0.1) is 19.8 Å². The van der Waals surface area contributed by atoms with E-state index in [0.29, 0.717) is 19.6 Å². The van der Waals surface area contributed by atoms with Crippen molar-refractivity contribution < 1.29 is 15.3 Å². The molecule has 0 spiro atoms. The highest BCUT2D eigenvalue weighted by molar-refractivity contribution is 5.85. The molecular formula is C8H22Cl2N2O3. The second-order valence-corrected chi connectivity index (χ2v) is 2.76. The summed E-state index contributed by atoms with van der Waals surface area (Å²) in [5, 5.41) is 28.9. The van der Waals surface area contributed by atoms with Gasteiger partial charge in [-0.05, 0) is 0 Å². The molecule has 0 aromatic heterocycles.